The molecule has 0 radical (unpaired) electrons. The molecular weight excluding hydrogens is 416 g/mol. The van der Waals surface area contributed by atoms with Gasteiger partial charge in [0.25, 0.3) is 5.24 Å². The zero-order valence-electron chi connectivity index (χ0n) is 17.1. The fourth-order valence-electron chi connectivity index (χ4n) is 3.06. The lowest BCUT2D eigenvalue weighted by atomic mass is 10.0. The summed E-state index contributed by atoms with van der Waals surface area (Å²) in [6.45, 7) is 1.92. The summed E-state index contributed by atoms with van der Waals surface area (Å²) in [4.78, 5) is 29.7. The summed E-state index contributed by atoms with van der Waals surface area (Å²) < 4.78 is 0. The van der Waals surface area contributed by atoms with E-state index in [0.717, 1.165) is 28.3 Å². The Morgan fingerprint density at radius 2 is 2.10 bits per heavy atom. The molecule has 30 heavy (non-hydrogen) atoms. The molecular formula is C22H24N4O2S2. The molecule has 2 aromatic rings. The molecule has 0 unspecified atom stereocenters. The monoisotopic (exact) mass is 440 g/mol. The molecule has 1 aromatic carbocycles. The van der Waals surface area contributed by atoms with E-state index in [4.69, 9.17) is 0 Å². The van der Waals surface area contributed by atoms with E-state index in [1.54, 1.807) is 6.08 Å². The van der Waals surface area contributed by atoms with Crippen LogP contribution in [0.1, 0.15) is 21.6 Å². The highest BCUT2D eigenvalue weighted by Gasteiger charge is 2.27. The van der Waals surface area contributed by atoms with Crippen LogP contribution in [-0.2, 0) is 17.8 Å². The largest absolute Gasteiger partial charge is 0.328 e. The maximum absolute atomic E-state index is 12.5. The van der Waals surface area contributed by atoms with Gasteiger partial charge in [0.2, 0.25) is 5.91 Å². The van der Waals surface area contributed by atoms with Crippen LogP contribution >= 0.6 is 23.1 Å². The predicted octanol–water partition coefficient (Wildman–Crippen LogP) is 4.04. The molecule has 3 rings (SSSR count). The second-order valence-corrected chi connectivity index (χ2v) is 9.29. The van der Waals surface area contributed by atoms with Gasteiger partial charge in [-0.15, -0.1) is 11.3 Å². The van der Waals surface area contributed by atoms with E-state index < -0.39 is 0 Å². The van der Waals surface area contributed by atoms with Crippen molar-refractivity contribution in [3.05, 3.63) is 58.0 Å². The van der Waals surface area contributed by atoms with Crippen LogP contribution < -0.4 is 5.32 Å². The van der Waals surface area contributed by atoms with Crippen LogP contribution in [0.15, 0.2) is 36.4 Å². The minimum Gasteiger partial charge on any atom is -0.328 e. The standard InChI is InChI=1S/C22H24N4O2S2/c1-25(2)12-13-29-22(28)26-11-10-17-18(14-23)21(30-19(17)15-26)24-20(27)9-8-16-6-4-3-5-7-16/h3-9H,10-13,15H2,1-2H3,(H,24,27)/b9-8+. The van der Waals surface area contributed by atoms with Crippen LogP contribution in [0.4, 0.5) is 9.80 Å². The molecule has 1 aromatic heterocycles. The first-order chi connectivity index (χ1) is 14.5. The van der Waals surface area contributed by atoms with Crippen molar-refractivity contribution in [1.29, 1.82) is 5.26 Å². The van der Waals surface area contributed by atoms with Gasteiger partial charge in [0.1, 0.15) is 11.1 Å². The van der Waals surface area contributed by atoms with Gasteiger partial charge in [-0.2, -0.15) is 5.26 Å². The maximum Gasteiger partial charge on any atom is 0.282 e. The summed E-state index contributed by atoms with van der Waals surface area (Å²) in [6.07, 6.45) is 3.83. The third-order valence-corrected chi connectivity index (χ3v) is 6.68. The first-order valence-corrected chi connectivity index (χ1v) is 11.4. The molecule has 0 spiro atoms. The topological polar surface area (TPSA) is 76.4 Å². The number of fused-ring (bicyclic) bond motifs is 1. The Bertz CT molecular complexity index is 977. The third-order valence-electron chi connectivity index (χ3n) is 4.65. The molecule has 6 nitrogen and oxygen atoms in total. The summed E-state index contributed by atoms with van der Waals surface area (Å²) in [5, 5.41) is 13.1. The highest BCUT2D eigenvalue weighted by atomic mass is 32.2. The number of benzene rings is 1. The molecule has 1 aliphatic rings. The molecule has 0 fully saturated rings. The Labute approximate surface area is 185 Å². The zero-order valence-corrected chi connectivity index (χ0v) is 18.7. The highest BCUT2D eigenvalue weighted by molar-refractivity contribution is 8.13. The number of anilines is 1. The van der Waals surface area contributed by atoms with Crippen LogP contribution in [0.3, 0.4) is 0 Å². The highest BCUT2D eigenvalue weighted by Crippen LogP contribution is 2.37. The number of carbonyl (C=O) groups is 2. The lowest BCUT2D eigenvalue weighted by molar-refractivity contribution is -0.111. The van der Waals surface area contributed by atoms with Crippen LogP contribution in [0.25, 0.3) is 6.08 Å². The van der Waals surface area contributed by atoms with E-state index in [1.807, 2.05) is 54.2 Å². The average Bonchev–Trinajstić information content (AvgIpc) is 3.08. The van der Waals surface area contributed by atoms with Gasteiger partial charge in [0.15, 0.2) is 0 Å². The predicted molar refractivity (Wildman–Crippen MR) is 124 cm³/mol. The summed E-state index contributed by atoms with van der Waals surface area (Å²) in [5.74, 6) is 0.471. The van der Waals surface area contributed by atoms with Gasteiger partial charge in [0, 0.05) is 29.8 Å². The Balaban J connectivity index is 1.66. The first-order valence-electron chi connectivity index (χ1n) is 9.63. The second-order valence-electron chi connectivity index (χ2n) is 7.14. The number of amides is 2. The number of rotatable bonds is 6. The Morgan fingerprint density at radius 3 is 2.80 bits per heavy atom. The molecule has 0 saturated heterocycles. The Morgan fingerprint density at radius 1 is 1.33 bits per heavy atom. The van der Waals surface area contributed by atoms with Gasteiger partial charge >= 0.3 is 0 Å². The first kappa shape index (κ1) is 22.1. The van der Waals surface area contributed by atoms with Crippen molar-refractivity contribution in [2.24, 2.45) is 0 Å². The SMILES string of the molecule is CN(C)CCSC(=O)N1CCc2c(sc(NC(=O)/C=C/c3ccccc3)c2C#N)C1. The normalized spacial score (nSPS) is 13.3. The number of thiophene rings is 1. The van der Waals surface area contributed by atoms with Gasteiger partial charge in [-0.1, -0.05) is 42.1 Å². The molecule has 8 heteroatoms. The summed E-state index contributed by atoms with van der Waals surface area (Å²) in [7, 11) is 3.97. The lowest BCUT2D eigenvalue weighted by Crippen LogP contribution is -2.33. The molecule has 1 aliphatic heterocycles. The van der Waals surface area contributed by atoms with E-state index in [1.165, 1.54) is 29.2 Å². The van der Waals surface area contributed by atoms with Crippen molar-refractivity contribution >= 4 is 45.3 Å². The molecule has 2 heterocycles. The van der Waals surface area contributed by atoms with Crippen molar-refractivity contribution in [3.8, 4) is 6.07 Å². The quantitative estimate of drug-likeness (QED) is 0.686. The number of nitrogens with zero attached hydrogens (tertiary/aromatic N) is 3. The van der Waals surface area contributed by atoms with Crippen molar-refractivity contribution in [2.75, 3.05) is 38.3 Å². The summed E-state index contributed by atoms with van der Waals surface area (Å²) in [5.41, 5.74) is 2.40. The smallest absolute Gasteiger partial charge is 0.282 e. The second kappa shape index (κ2) is 10.4. The van der Waals surface area contributed by atoms with Crippen molar-refractivity contribution in [1.82, 2.24) is 9.80 Å². The van der Waals surface area contributed by atoms with Crippen LogP contribution in [0, 0.1) is 11.3 Å². The van der Waals surface area contributed by atoms with Crippen LogP contribution in [0.5, 0.6) is 0 Å². The maximum atomic E-state index is 12.5. The molecule has 2 amide bonds. The third kappa shape index (κ3) is 5.72. The number of hydrogen-bond donors (Lipinski definition) is 1. The Hall–Kier alpha value is -2.60. The van der Waals surface area contributed by atoms with E-state index >= 15 is 0 Å². The van der Waals surface area contributed by atoms with Gasteiger partial charge in [-0.25, -0.2) is 0 Å². The number of nitrogens with one attached hydrogen (secondary N) is 1. The molecule has 0 aliphatic carbocycles. The van der Waals surface area contributed by atoms with Crippen molar-refractivity contribution in [3.63, 3.8) is 0 Å². The van der Waals surface area contributed by atoms with Crippen molar-refractivity contribution in [2.45, 2.75) is 13.0 Å². The molecule has 0 atom stereocenters. The fourth-order valence-corrected chi connectivity index (χ4v) is 5.25. The van der Waals surface area contributed by atoms with Crippen molar-refractivity contribution < 1.29 is 9.59 Å². The molecule has 1 N–H and O–H groups in total. The number of hydrogen-bond acceptors (Lipinski definition) is 6. The van der Waals surface area contributed by atoms with E-state index in [0.29, 0.717) is 30.1 Å². The minimum absolute atomic E-state index is 0.0609. The van der Waals surface area contributed by atoms with Crippen LogP contribution in [-0.4, -0.2) is 53.9 Å². The molecule has 0 bridgehead atoms. The lowest BCUT2D eigenvalue weighted by Gasteiger charge is -2.26. The van der Waals surface area contributed by atoms with E-state index in [-0.39, 0.29) is 11.1 Å². The van der Waals surface area contributed by atoms with Crippen LogP contribution in [0.2, 0.25) is 0 Å². The van der Waals surface area contributed by atoms with Gasteiger partial charge in [-0.3, -0.25) is 9.59 Å². The fraction of sp³-hybridized carbons (Fsp3) is 0.318. The molecule has 0 saturated carbocycles. The number of carbonyl (C=O) groups excluding carboxylic acids is 2. The summed E-state index contributed by atoms with van der Waals surface area (Å²) >= 11 is 2.71. The zero-order chi connectivity index (χ0) is 21.5. The van der Waals surface area contributed by atoms with E-state index in [2.05, 4.69) is 11.4 Å². The Kier molecular flexibility index (Phi) is 7.69. The van der Waals surface area contributed by atoms with Gasteiger partial charge in [0.05, 0.1) is 12.1 Å². The van der Waals surface area contributed by atoms with Gasteiger partial charge < -0.3 is 15.1 Å². The van der Waals surface area contributed by atoms with Gasteiger partial charge in [-0.05, 0) is 37.7 Å². The number of nitriles is 1. The average molecular weight is 441 g/mol. The van der Waals surface area contributed by atoms with E-state index in [9.17, 15) is 14.9 Å². The summed E-state index contributed by atoms with van der Waals surface area (Å²) in [6, 6.07) is 11.8. The minimum atomic E-state index is -0.277. The number of thioether (sulfide) groups is 1. The molecule has 156 valence electrons.